The molecule has 1 fully saturated rings. The Morgan fingerprint density at radius 3 is 2.58 bits per heavy atom. The van der Waals surface area contributed by atoms with Crippen molar-refractivity contribution < 1.29 is 17.6 Å². The molecule has 0 amide bonds. The van der Waals surface area contributed by atoms with Crippen LogP contribution in [0.2, 0.25) is 0 Å². The van der Waals surface area contributed by atoms with E-state index in [1.165, 1.54) is 38.2 Å². The number of halogens is 4. The van der Waals surface area contributed by atoms with Gasteiger partial charge in [0.25, 0.3) is 5.56 Å². The molecule has 0 aliphatic heterocycles. The minimum atomic E-state index is -4.70. The molecule has 2 N–H and O–H groups in total. The van der Waals surface area contributed by atoms with Gasteiger partial charge in [-0.2, -0.15) is 13.2 Å². The van der Waals surface area contributed by atoms with Crippen molar-refractivity contribution in [2.24, 2.45) is 5.92 Å². The van der Waals surface area contributed by atoms with Crippen LogP contribution in [0.25, 0.3) is 22.2 Å². The summed E-state index contributed by atoms with van der Waals surface area (Å²) in [6, 6.07) is 4.13. The van der Waals surface area contributed by atoms with Gasteiger partial charge < -0.3 is 10.3 Å². The third kappa shape index (κ3) is 4.40. The highest BCUT2D eigenvalue weighted by Gasteiger charge is 2.34. The van der Waals surface area contributed by atoms with Gasteiger partial charge in [-0.3, -0.25) is 4.79 Å². The highest BCUT2D eigenvalue weighted by atomic mass is 19.4. The van der Waals surface area contributed by atoms with Crippen LogP contribution in [-0.2, 0) is 12.7 Å². The molecule has 2 aromatic heterocycles. The zero-order valence-electron chi connectivity index (χ0n) is 16.8. The molecule has 3 aromatic rings. The molecule has 9 heteroatoms. The van der Waals surface area contributed by atoms with Crippen molar-refractivity contribution in [1.29, 1.82) is 0 Å². The molecule has 4 rings (SSSR count). The normalized spacial score (nSPS) is 15.5. The number of aryl methyl sites for hydroxylation is 1. The first-order chi connectivity index (χ1) is 14.7. The van der Waals surface area contributed by atoms with E-state index < -0.39 is 23.4 Å². The average molecular weight is 434 g/mol. The fraction of sp³-hybridized carbons (Fsp3) is 0.409. The predicted octanol–water partition coefficient (Wildman–Crippen LogP) is 5.17. The average Bonchev–Trinajstić information content (AvgIpc) is 2.73. The van der Waals surface area contributed by atoms with E-state index in [4.69, 9.17) is 5.73 Å². The zero-order valence-corrected chi connectivity index (χ0v) is 16.8. The Kier molecular flexibility index (Phi) is 5.68. The van der Waals surface area contributed by atoms with Crippen molar-refractivity contribution in [2.45, 2.75) is 51.2 Å². The van der Waals surface area contributed by atoms with Crippen LogP contribution in [0.3, 0.4) is 0 Å². The van der Waals surface area contributed by atoms with Crippen LogP contribution in [0.1, 0.15) is 44.1 Å². The second-order valence-corrected chi connectivity index (χ2v) is 8.02. The second-order valence-electron chi connectivity index (χ2n) is 8.02. The number of nitrogen functional groups attached to an aromatic ring is 1. The fourth-order valence-corrected chi connectivity index (χ4v) is 4.19. The van der Waals surface area contributed by atoms with Gasteiger partial charge in [-0.25, -0.2) is 14.4 Å². The minimum absolute atomic E-state index is 0.118. The Morgan fingerprint density at radius 1 is 1.16 bits per heavy atom. The van der Waals surface area contributed by atoms with Crippen LogP contribution in [0.5, 0.6) is 0 Å². The van der Waals surface area contributed by atoms with Gasteiger partial charge in [0.1, 0.15) is 17.2 Å². The molecule has 0 atom stereocenters. The van der Waals surface area contributed by atoms with Gasteiger partial charge in [-0.15, -0.1) is 0 Å². The maximum absolute atomic E-state index is 14.8. The number of anilines is 1. The summed E-state index contributed by atoms with van der Waals surface area (Å²) in [5, 5.41) is 0.657. The Balaban J connectivity index is 1.65. The topological polar surface area (TPSA) is 73.8 Å². The lowest BCUT2D eigenvalue weighted by Gasteiger charge is -2.21. The van der Waals surface area contributed by atoms with Gasteiger partial charge in [0.2, 0.25) is 0 Å². The molecule has 1 aliphatic carbocycles. The molecular weight excluding hydrogens is 412 g/mol. The van der Waals surface area contributed by atoms with Gasteiger partial charge in [-0.05, 0) is 35.9 Å². The monoisotopic (exact) mass is 434 g/mol. The van der Waals surface area contributed by atoms with E-state index in [1.807, 2.05) is 0 Å². The molecule has 0 unspecified atom stereocenters. The number of fused-ring (bicyclic) bond motifs is 1. The standard InChI is InChI=1S/C22H22F4N4O/c23-18-11-15-14(7-9-30(21(15)31)8-6-13-4-2-1-3-5-13)10-16(18)20-28-12-17(19(27)29-20)22(24,25)26/h7,9-13H,1-6,8H2,(H2,27,28,29). The van der Waals surface area contributed by atoms with Crippen molar-refractivity contribution in [1.82, 2.24) is 14.5 Å². The number of rotatable bonds is 4. The second kappa shape index (κ2) is 8.28. The SMILES string of the molecule is Nc1nc(-c2cc3ccn(CCC4CCCCC4)c(=O)c3cc2F)ncc1C(F)(F)F. The lowest BCUT2D eigenvalue weighted by Crippen LogP contribution is -2.21. The molecular formula is C22H22F4N4O. The molecule has 31 heavy (non-hydrogen) atoms. The van der Waals surface area contributed by atoms with Gasteiger partial charge in [-0.1, -0.05) is 32.1 Å². The van der Waals surface area contributed by atoms with Crippen LogP contribution < -0.4 is 11.3 Å². The highest BCUT2D eigenvalue weighted by molar-refractivity contribution is 5.86. The number of alkyl halides is 3. The van der Waals surface area contributed by atoms with E-state index in [0.29, 0.717) is 24.0 Å². The van der Waals surface area contributed by atoms with E-state index in [1.54, 1.807) is 16.8 Å². The fourth-order valence-electron chi connectivity index (χ4n) is 4.19. The molecule has 2 heterocycles. The van der Waals surface area contributed by atoms with E-state index in [9.17, 15) is 22.4 Å². The number of pyridine rings is 1. The summed E-state index contributed by atoms with van der Waals surface area (Å²) < 4.78 is 54.9. The van der Waals surface area contributed by atoms with E-state index >= 15 is 0 Å². The summed E-state index contributed by atoms with van der Waals surface area (Å²) in [6.07, 6.45) is 4.47. The molecule has 1 aliphatic rings. The van der Waals surface area contributed by atoms with Gasteiger partial charge in [0.05, 0.1) is 10.9 Å². The molecule has 5 nitrogen and oxygen atoms in total. The van der Waals surface area contributed by atoms with E-state index in [0.717, 1.165) is 12.5 Å². The van der Waals surface area contributed by atoms with Crippen molar-refractivity contribution in [2.75, 3.05) is 5.73 Å². The number of benzene rings is 1. The molecule has 0 radical (unpaired) electrons. The van der Waals surface area contributed by atoms with Gasteiger partial charge >= 0.3 is 6.18 Å². The van der Waals surface area contributed by atoms with E-state index in [-0.39, 0.29) is 22.3 Å². The number of aromatic nitrogens is 3. The first-order valence-electron chi connectivity index (χ1n) is 10.3. The Bertz CT molecular complexity index is 1170. The van der Waals surface area contributed by atoms with Gasteiger partial charge in [0, 0.05) is 18.9 Å². The van der Waals surface area contributed by atoms with Crippen molar-refractivity contribution in [3.8, 4) is 11.4 Å². The third-order valence-electron chi connectivity index (χ3n) is 5.93. The van der Waals surface area contributed by atoms with Crippen LogP contribution in [0.15, 0.2) is 35.4 Å². The Hall–Kier alpha value is -2.97. The lowest BCUT2D eigenvalue weighted by molar-refractivity contribution is -0.137. The molecule has 0 bridgehead atoms. The first kappa shape index (κ1) is 21.3. The summed E-state index contributed by atoms with van der Waals surface area (Å²) in [5.74, 6) is -1.24. The third-order valence-corrected chi connectivity index (χ3v) is 5.93. The number of hydrogen-bond acceptors (Lipinski definition) is 4. The molecule has 0 spiro atoms. The van der Waals surface area contributed by atoms with Crippen LogP contribution in [-0.4, -0.2) is 14.5 Å². The van der Waals surface area contributed by atoms with Crippen molar-refractivity contribution in [3.05, 3.63) is 52.3 Å². The maximum atomic E-state index is 14.8. The number of nitrogens with zero attached hydrogens (tertiary/aromatic N) is 3. The first-order valence-corrected chi connectivity index (χ1v) is 10.3. The highest BCUT2D eigenvalue weighted by Crippen LogP contribution is 2.33. The maximum Gasteiger partial charge on any atom is 0.421 e. The zero-order chi connectivity index (χ0) is 22.2. The summed E-state index contributed by atoms with van der Waals surface area (Å²) in [7, 11) is 0. The Labute approximate surface area is 175 Å². The lowest BCUT2D eigenvalue weighted by atomic mass is 9.87. The van der Waals surface area contributed by atoms with Gasteiger partial charge in [0.15, 0.2) is 5.82 Å². The molecule has 164 valence electrons. The summed E-state index contributed by atoms with van der Waals surface area (Å²) in [6.45, 7) is 0.571. The largest absolute Gasteiger partial charge is 0.421 e. The molecule has 1 saturated carbocycles. The predicted molar refractivity (Wildman–Crippen MR) is 110 cm³/mol. The summed E-state index contributed by atoms with van der Waals surface area (Å²) in [4.78, 5) is 20.1. The number of nitrogens with two attached hydrogens (primary N) is 1. The quantitative estimate of drug-likeness (QED) is 0.575. The molecule has 0 saturated heterocycles. The summed E-state index contributed by atoms with van der Waals surface area (Å²) >= 11 is 0. The minimum Gasteiger partial charge on any atom is -0.383 e. The number of hydrogen-bond donors (Lipinski definition) is 1. The van der Waals surface area contributed by atoms with Crippen LogP contribution in [0.4, 0.5) is 23.4 Å². The van der Waals surface area contributed by atoms with Crippen LogP contribution >= 0.6 is 0 Å². The Morgan fingerprint density at radius 2 is 1.90 bits per heavy atom. The van der Waals surface area contributed by atoms with E-state index in [2.05, 4.69) is 9.97 Å². The summed E-state index contributed by atoms with van der Waals surface area (Å²) in [5.41, 5.74) is 3.80. The molecule has 1 aromatic carbocycles. The van der Waals surface area contributed by atoms with Crippen molar-refractivity contribution in [3.63, 3.8) is 0 Å². The van der Waals surface area contributed by atoms with Crippen molar-refractivity contribution >= 4 is 16.6 Å². The van der Waals surface area contributed by atoms with Crippen LogP contribution in [0, 0.1) is 11.7 Å². The smallest absolute Gasteiger partial charge is 0.383 e.